The summed E-state index contributed by atoms with van der Waals surface area (Å²) in [5, 5.41) is 3.30. The van der Waals surface area contributed by atoms with E-state index in [0.717, 1.165) is 0 Å². The predicted molar refractivity (Wildman–Crippen MR) is 84.6 cm³/mol. The van der Waals surface area contributed by atoms with Gasteiger partial charge in [0.15, 0.2) is 17.3 Å². The number of hydrogen-bond donors (Lipinski definition) is 1. The van der Waals surface area contributed by atoms with Gasteiger partial charge in [0, 0.05) is 12.1 Å². The molecule has 2 aromatic heterocycles. The van der Waals surface area contributed by atoms with Crippen molar-refractivity contribution >= 4 is 15.7 Å². The number of nitrogens with zero attached hydrogens (tertiary/aromatic N) is 1. The summed E-state index contributed by atoms with van der Waals surface area (Å²) in [5.74, 6) is 1.49. The zero-order chi connectivity index (χ0) is 17.2. The van der Waals surface area contributed by atoms with Gasteiger partial charge in [-0.2, -0.15) is 8.42 Å². The lowest BCUT2D eigenvalue weighted by Crippen LogP contribution is -2.12. The summed E-state index contributed by atoms with van der Waals surface area (Å²) in [6, 6.07) is 9.05. The third-order valence-electron chi connectivity index (χ3n) is 3.16. The summed E-state index contributed by atoms with van der Waals surface area (Å²) < 4.78 is 47.8. The van der Waals surface area contributed by atoms with Crippen LogP contribution in [-0.2, 0) is 10.0 Å². The number of furan rings is 1. The van der Waals surface area contributed by atoms with Crippen LogP contribution >= 0.6 is 0 Å². The van der Waals surface area contributed by atoms with Crippen LogP contribution in [-0.4, -0.2) is 27.8 Å². The lowest BCUT2D eigenvalue weighted by atomic mass is 10.3. The van der Waals surface area contributed by atoms with Gasteiger partial charge in [0.2, 0.25) is 10.9 Å². The second-order valence-electron chi connectivity index (χ2n) is 4.67. The highest BCUT2D eigenvalue weighted by Gasteiger charge is 2.21. The zero-order valence-electron chi connectivity index (χ0n) is 12.8. The van der Waals surface area contributed by atoms with Crippen molar-refractivity contribution in [3.8, 4) is 23.0 Å². The number of anilines is 1. The van der Waals surface area contributed by atoms with Crippen LogP contribution in [0.5, 0.6) is 11.5 Å². The van der Waals surface area contributed by atoms with Crippen molar-refractivity contribution in [3.63, 3.8) is 0 Å². The summed E-state index contributed by atoms with van der Waals surface area (Å²) in [6.45, 7) is 0. The van der Waals surface area contributed by atoms with Crippen LogP contribution in [0.25, 0.3) is 11.5 Å². The van der Waals surface area contributed by atoms with Crippen LogP contribution < -0.4 is 14.2 Å². The smallest absolute Gasteiger partial charge is 0.295 e. The maximum atomic E-state index is 12.4. The fraction of sp³-hybridized carbons (Fsp3) is 0.133. The summed E-state index contributed by atoms with van der Waals surface area (Å²) in [7, 11) is -0.943. The van der Waals surface area contributed by atoms with Crippen LogP contribution in [0.2, 0.25) is 0 Å². The number of nitrogens with one attached hydrogen (secondary N) is 1. The number of aromatic nitrogens is 1. The molecule has 2 heterocycles. The number of rotatable bonds is 6. The lowest BCUT2D eigenvalue weighted by Gasteiger charge is -2.10. The first-order valence-corrected chi connectivity index (χ1v) is 8.27. The molecule has 9 heteroatoms. The van der Waals surface area contributed by atoms with Crippen molar-refractivity contribution in [2.75, 3.05) is 18.9 Å². The van der Waals surface area contributed by atoms with Gasteiger partial charge in [0.25, 0.3) is 10.0 Å². The summed E-state index contributed by atoms with van der Waals surface area (Å²) in [6.07, 6.45) is 1.44. The van der Waals surface area contributed by atoms with Gasteiger partial charge in [-0.3, -0.25) is 4.72 Å². The minimum atomic E-state index is -3.90. The maximum absolute atomic E-state index is 12.4. The molecule has 24 heavy (non-hydrogen) atoms. The molecule has 0 saturated heterocycles. The Bertz CT molecular complexity index is 931. The molecular weight excluding hydrogens is 336 g/mol. The van der Waals surface area contributed by atoms with Gasteiger partial charge < -0.3 is 18.4 Å². The minimum Gasteiger partial charge on any atom is -0.493 e. The van der Waals surface area contributed by atoms with E-state index in [2.05, 4.69) is 9.88 Å². The van der Waals surface area contributed by atoms with Crippen LogP contribution in [0.3, 0.4) is 0 Å². The fourth-order valence-electron chi connectivity index (χ4n) is 2.05. The van der Waals surface area contributed by atoms with Gasteiger partial charge in [-0.25, -0.2) is 0 Å². The van der Waals surface area contributed by atoms with E-state index in [1.807, 2.05) is 0 Å². The van der Waals surface area contributed by atoms with Crippen molar-refractivity contribution in [1.29, 1.82) is 0 Å². The van der Waals surface area contributed by atoms with E-state index in [0.29, 0.717) is 22.9 Å². The van der Waals surface area contributed by atoms with E-state index in [1.54, 1.807) is 18.2 Å². The van der Waals surface area contributed by atoms with Crippen LogP contribution in [0.15, 0.2) is 56.6 Å². The minimum absolute atomic E-state index is 0.247. The highest BCUT2D eigenvalue weighted by molar-refractivity contribution is 7.92. The molecular formula is C15H14N2O6S. The first-order chi connectivity index (χ1) is 11.5. The predicted octanol–water partition coefficient (Wildman–Crippen LogP) is 2.75. The number of methoxy groups -OCH3 is 2. The van der Waals surface area contributed by atoms with E-state index in [-0.39, 0.29) is 10.9 Å². The Hall–Kier alpha value is -2.94. The summed E-state index contributed by atoms with van der Waals surface area (Å²) in [4.78, 5) is 0. The number of hydrogen-bond acceptors (Lipinski definition) is 7. The molecule has 0 aliphatic rings. The third-order valence-corrected chi connectivity index (χ3v) is 4.42. The van der Waals surface area contributed by atoms with Gasteiger partial charge in [-0.05, 0) is 24.3 Å². The Labute approximate surface area is 138 Å². The maximum Gasteiger partial charge on any atom is 0.295 e. The molecule has 0 aliphatic carbocycles. The molecule has 0 atom stereocenters. The van der Waals surface area contributed by atoms with Crippen LogP contribution in [0.4, 0.5) is 5.69 Å². The Morgan fingerprint density at radius 2 is 1.79 bits per heavy atom. The van der Waals surface area contributed by atoms with Gasteiger partial charge in [-0.1, -0.05) is 5.16 Å². The van der Waals surface area contributed by atoms with Crippen molar-refractivity contribution < 1.29 is 26.8 Å². The third kappa shape index (κ3) is 3.06. The number of ether oxygens (including phenoxy) is 2. The van der Waals surface area contributed by atoms with E-state index >= 15 is 0 Å². The summed E-state index contributed by atoms with van der Waals surface area (Å²) in [5.41, 5.74) is 0.310. The standard InChI is InChI=1S/C15H14N2O6S/c1-20-11-4-3-10(9-14(11)21-2)17-24(18,19)15-6-5-12(22-15)13-7-8-16-23-13/h3-9,17H,1-2H3. The van der Waals surface area contributed by atoms with Crippen molar-refractivity contribution in [1.82, 2.24) is 5.16 Å². The molecule has 0 radical (unpaired) electrons. The quantitative estimate of drug-likeness (QED) is 0.729. The SMILES string of the molecule is COc1ccc(NS(=O)(=O)c2ccc(-c3ccno3)o2)cc1OC. The van der Waals surface area contributed by atoms with Crippen molar-refractivity contribution in [2.45, 2.75) is 5.09 Å². The molecule has 0 spiro atoms. The monoisotopic (exact) mass is 350 g/mol. The molecule has 0 saturated carbocycles. The average molecular weight is 350 g/mol. The normalized spacial score (nSPS) is 11.2. The second kappa shape index (κ2) is 6.28. The molecule has 0 amide bonds. The molecule has 0 aliphatic heterocycles. The molecule has 3 rings (SSSR count). The highest BCUT2D eigenvalue weighted by Crippen LogP contribution is 2.31. The number of benzene rings is 1. The topological polar surface area (TPSA) is 104 Å². The molecule has 0 unspecified atom stereocenters. The Balaban J connectivity index is 1.86. The molecule has 126 valence electrons. The first-order valence-electron chi connectivity index (χ1n) is 6.79. The molecule has 0 fully saturated rings. The Kier molecular flexibility index (Phi) is 4.17. The fourth-order valence-corrected chi connectivity index (χ4v) is 3.03. The molecule has 1 N–H and O–H groups in total. The molecule has 1 aromatic carbocycles. The largest absolute Gasteiger partial charge is 0.493 e. The van der Waals surface area contributed by atoms with Crippen LogP contribution in [0, 0.1) is 0 Å². The van der Waals surface area contributed by atoms with Crippen molar-refractivity contribution in [3.05, 3.63) is 42.6 Å². The first kappa shape index (κ1) is 15.9. The summed E-state index contributed by atoms with van der Waals surface area (Å²) >= 11 is 0. The lowest BCUT2D eigenvalue weighted by molar-refractivity contribution is 0.355. The molecule has 0 bridgehead atoms. The van der Waals surface area contributed by atoms with E-state index in [9.17, 15) is 8.42 Å². The van der Waals surface area contributed by atoms with E-state index < -0.39 is 10.0 Å². The van der Waals surface area contributed by atoms with Gasteiger partial charge in [0.1, 0.15) is 0 Å². The second-order valence-corrected chi connectivity index (χ2v) is 6.28. The zero-order valence-corrected chi connectivity index (χ0v) is 13.7. The number of sulfonamides is 1. The Morgan fingerprint density at radius 3 is 2.46 bits per heavy atom. The average Bonchev–Trinajstić information content (AvgIpc) is 3.25. The molecule has 3 aromatic rings. The highest BCUT2D eigenvalue weighted by atomic mass is 32.2. The molecule has 8 nitrogen and oxygen atoms in total. The van der Waals surface area contributed by atoms with Crippen LogP contribution in [0.1, 0.15) is 0 Å². The van der Waals surface area contributed by atoms with Crippen molar-refractivity contribution in [2.24, 2.45) is 0 Å². The van der Waals surface area contributed by atoms with E-state index in [1.165, 1.54) is 38.6 Å². The van der Waals surface area contributed by atoms with Gasteiger partial charge in [-0.15, -0.1) is 0 Å². The van der Waals surface area contributed by atoms with Gasteiger partial charge >= 0.3 is 0 Å². The van der Waals surface area contributed by atoms with Gasteiger partial charge in [0.05, 0.1) is 26.1 Å². The van der Waals surface area contributed by atoms with E-state index in [4.69, 9.17) is 18.4 Å². The Morgan fingerprint density at radius 1 is 1.00 bits per heavy atom.